The first-order valence-electron chi connectivity index (χ1n) is 8.86. The normalized spacial score (nSPS) is 29.8. The molecule has 8 nitrogen and oxygen atoms in total. The first-order chi connectivity index (χ1) is 11.5. The lowest BCUT2D eigenvalue weighted by atomic mass is 9.86. The number of nitrogens with zero attached hydrogens (tertiary/aromatic N) is 1. The van der Waals surface area contributed by atoms with Gasteiger partial charge in [-0.05, 0) is 44.9 Å². The zero-order chi connectivity index (χ0) is 17.1. The third-order valence-corrected chi connectivity index (χ3v) is 5.13. The summed E-state index contributed by atoms with van der Waals surface area (Å²) in [5.41, 5.74) is 0. The molecule has 1 heterocycles. The lowest BCUT2D eigenvalue weighted by molar-refractivity contribution is -0.142. The van der Waals surface area contributed by atoms with Crippen LogP contribution in [0.3, 0.4) is 0 Å². The molecule has 2 aliphatic carbocycles. The number of carboxylic acids is 1. The first kappa shape index (κ1) is 16.9. The van der Waals surface area contributed by atoms with Crippen LogP contribution in [-0.2, 0) is 4.79 Å². The fourth-order valence-corrected chi connectivity index (χ4v) is 3.45. The standard InChI is InChI=1S/C16H26N4O4/c21-14(22)10-1-3-12(4-2-10)19-16(24)20-8-7-13(9-20)18-15(23)17-11-5-6-11/h10-13H,1-9H2,(H,19,24)(H,21,22)(H2,17,18,23). The van der Waals surface area contributed by atoms with E-state index in [1.165, 1.54) is 0 Å². The molecule has 4 amide bonds. The third kappa shape index (κ3) is 4.52. The van der Waals surface area contributed by atoms with E-state index in [9.17, 15) is 14.4 Å². The van der Waals surface area contributed by atoms with Crippen LogP contribution in [0.5, 0.6) is 0 Å². The Kier molecular flexibility index (Phi) is 5.11. The van der Waals surface area contributed by atoms with Crippen molar-refractivity contribution in [2.24, 2.45) is 5.92 Å². The molecular formula is C16H26N4O4. The highest BCUT2D eigenvalue weighted by Crippen LogP contribution is 2.24. The van der Waals surface area contributed by atoms with E-state index in [0.29, 0.717) is 44.8 Å². The van der Waals surface area contributed by atoms with E-state index in [1.807, 2.05) is 0 Å². The van der Waals surface area contributed by atoms with Crippen LogP contribution in [0.1, 0.15) is 44.9 Å². The van der Waals surface area contributed by atoms with Gasteiger partial charge in [-0.25, -0.2) is 9.59 Å². The molecule has 3 fully saturated rings. The van der Waals surface area contributed by atoms with Crippen LogP contribution in [0.25, 0.3) is 0 Å². The topological polar surface area (TPSA) is 111 Å². The summed E-state index contributed by atoms with van der Waals surface area (Å²) in [4.78, 5) is 36.7. The Morgan fingerprint density at radius 1 is 0.792 bits per heavy atom. The molecule has 1 saturated heterocycles. The second-order valence-corrected chi connectivity index (χ2v) is 7.16. The summed E-state index contributed by atoms with van der Waals surface area (Å²) in [7, 11) is 0. The number of urea groups is 2. The number of aliphatic carboxylic acids is 1. The summed E-state index contributed by atoms with van der Waals surface area (Å²) in [5.74, 6) is -1.01. The third-order valence-electron chi connectivity index (χ3n) is 5.13. The molecule has 4 N–H and O–H groups in total. The Hall–Kier alpha value is -1.99. The van der Waals surface area contributed by atoms with Gasteiger partial charge in [0.1, 0.15) is 0 Å². The minimum Gasteiger partial charge on any atom is -0.481 e. The van der Waals surface area contributed by atoms with E-state index in [0.717, 1.165) is 19.3 Å². The Labute approximate surface area is 141 Å². The summed E-state index contributed by atoms with van der Waals surface area (Å²) in [6.07, 6.45) is 5.52. The van der Waals surface area contributed by atoms with Crippen molar-refractivity contribution < 1.29 is 19.5 Å². The fraction of sp³-hybridized carbons (Fsp3) is 0.812. The minimum atomic E-state index is -0.738. The minimum absolute atomic E-state index is 0.00255. The molecule has 8 heteroatoms. The van der Waals surface area contributed by atoms with Crippen LogP contribution >= 0.6 is 0 Å². The second kappa shape index (κ2) is 7.27. The van der Waals surface area contributed by atoms with Gasteiger partial charge in [-0.3, -0.25) is 4.79 Å². The van der Waals surface area contributed by atoms with E-state index in [-0.39, 0.29) is 30.1 Å². The van der Waals surface area contributed by atoms with Gasteiger partial charge in [-0.2, -0.15) is 0 Å². The fourth-order valence-electron chi connectivity index (χ4n) is 3.45. The number of carbonyl (C=O) groups is 3. The monoisotopic (exact) mass is 338 g/mol. The van der Waals surface area contributed by atoms with Crippen molar-refractivity contribution in [1.29, 1.82) is 0 Å². The number of likely N-dealkylation sites (tertiary alicyclic amines) is 1. The van der Waals surface area contributed by atoms with Crippen molar-refractivity contribution in [3.63, 3.8) is 0 Å². The van der Waals surface area contributed by atoms with Crippen molar-refractivity contribution in [1.82, 2.24) is 20.9 Å². The maximum atomic E-state index is 12.3. The van der Waals surface area contributed by atoms with E-state index < -0.39 is 5.97 Å². The number of carboxylic acid groups (broad SMARTS) is 1. The largest absolute Gasteiger partial charge is 0.481 e. The smallest absolute Gasteiger partial charge is 0.317 e. The molecule has 0 aromatic carbocycles. The molecule has 1 aliphatic heterocycles. The van der Waals surface area contributed by atoms with Crippen LogP contribution in [0.4, 0.5) is 9.59 Å². The van der Waals surface area contributed by atoms with E-state index >= 15 is 0 Å². The zero-order valence-corrected chi connectivity index (χ0v) is 13.8. The van der Waals surface area contributed by atoms with Crippen molar-refractivity contribution in [3.05, 3.63) is 0 Å². The van der Waals surface area contributed by atoms with Gasteiger partial charge < -0.3 is 26.0 Å². The van der Waals surface area contributed by atoms with Crippen LogP contribution in [0, 0.1) is 5.92 Å². The number of rotatable bonds is 4. The maximum Gasteiger partial charge on any atom is 0.317 e. The molecule has 3 rings (SSSR count). The lowest BCUT2D eigenvalue weighted by Gasteiger charge is -2.28. The van der Waals surface area contributed by atoms with Crippen molar-refractivity contribution in [3.8, 4) is 0 Å². The van der Waals surface area contributed by atoms with Gasteiger partial charge in [0, 0.05) is 31.2 Å². The summed E-state index contributed by atoms with van der Waals surface area (Å²) < 4.78 is 0. The average molecular weight is 338 g/mol. The van der Waals surface area contributed by atoms with Gasteiger partial charge in [0.15, 0.2) is 0 Å². The summed E-state index contributed by atoms with van der Waals surface area (Å²) in [6.45, 7) is 1.15. The molecule has 0 bridgehead atoms. The molecule has 3 aliphatic rings. The van der Waals surface area contributed by atoms with Crippen molar-refractivity contribution in [2.75, 3.05) is 13.1 Å². The van der Waals surface area contributed by atoms with Crippen molar-refractivity contribution in [2.45, 2.75) is 63.1 Å². The van der Waals surface area contributed by atoms with Gasteiger partial charge >= 0.3 is 18.0 Å². The molecule has 0 radical (unpaired) electrons. The Morgan fingerprint density at radius 2 is 1.38 bits per heavy atom. The van der Waals surface area contributed by atoms with Gasteiger partial charge in [-0.1, -0.05) is 0 Å². The average Bonchev–Trinajstić information content (AvgIpc) is 3.22. The Morgan fingerprint density at radius 3 is 2.00 bits per heavy atom. The molecule has 134 valence electrons. The van der Waals surface area contributed by atoms with Crippen LogP contribution < -0.4 is 16.0 Å². The highest BCUT2D eigenvalue weighted by molar-refractivity contribution is 5.77. The highest BCUT2D eigenvalue weighted by atomic mass is 16.4. The van der Waals surface area contributed by atoms with Crippen LogP contribution in [0.2, 0.25) is 0 Å². The van der Waals surface area contributed by atoms with Crippen LogP contribution in [-0.4, -0.2) is 59.3 Å². The van der Waals surface area contributed by atoms with Gasteiger partial charge in [0.05, 0.1) is 5.92 Å². The zero-order valence-electron chi connectivity index (χ0n) is 13.8. The number of hydrogen-bond acceptors (Lipinski definition) is 3. The summed E-state index contributed by atoms with van der Waals surface area (Å²) >= 11 is 0. The molecule has 0 spiro atoms. The molecular weight excluding hydrogens is 312 g/mol. The summed E-state index contributed by atoms with van der Waals surface area (Å²) in [6, 6.07) is 0.125. The van der Waals surface area contributed by atoms with Crippen molar-refractivity contribution >= 4 is 18.0 Å². The van der Waals surface area contributed by atoms with E-state index in [1.54, 1.807) is 4.90 Å². The second-order valence-electron chi connectivity index (χ2n) is 7.16. The molecule has 1 unspecified atom stereocenters. The number of carbonyl (C=O) groups excluding carboxylic acids is 2. The quantitative estimate of drug-likeness (QED) is 0.609. The highest BCUT2D eigenvalue weighted by Gasteiger charge is 2.31. The Bertz CT molecular complexity index is 500. The van der Waals surface area contributed by atoms with Crippen LogP contribution in [0.15, 0.2) is 0 Å². The molecule has 1 atom stereocenters. The van der Waals surface area contributed by atoms with Gasteiger partial charge in [0.2, 0.25) is 0 Å². The lowest BCUT2D eigenvalue weighted by Crippen LogP contribution is -2.48. The first-order valence-corrected chi connectivity index (χ1v) is 8.86. The van der Waals surface area contributed by atoms with E-state index in [4.69, 9.17) is 5.11 Å². The Balaban J connectivity index is 1.37. The SMILES string of the molecule is O=C(NC1CC1)NC1CCN(C(=O)NC2CCC(C(=O)O)CC2)C1. The molecule has 24 heavy (non-hydrogen) atoms. The molecule has 2 saturated carbocycles. The maximum absolute atomic E-state index is 12.3. The predicted molar refractivity (Wildman–Crippen MR) is 86.6 cm³/mol. The molecule has 0 aromatic heterocycles. The number of hydrogen-bond donors (Lipinski definition) is 4. The number of amides is 4. The number of nitrogens with one attached hydrogen (secondary N) is 3. The van der Waals surface area contributed by atoms with Gasteiger partial charge in [-0.15, -0.1) is 0 Å². The molecule has 0 aromatic rings. The van der Waals surface area contributed by atoms with E-state index in [2.05, 4.69) is 16.0 Å². The summed E-state index contributed by atoms with van der Waals surface area (Å²) in [5, 5.41) is 17.8. The van der Waals surface area contributed by atoms with Gasteiger partial charge in [0.25, 0.3) is 0 Å². The predicted octanol–water partition coefficient (Wildman–Crippen LogP) is 0.875.